The van der Waals surface area contributed by atoms with E-state index in [-0.39, 0.29) is 35.7 Å². The Kier molecular flexibility index (Phi) is 11.6. The topological polar surface area (TPSA) is 189 Å². The molecule has 3 saturated heterocycles. The zero-order valence-corrected chi connectivity index (χ0v) is 31.3. The Hall–Kier alpha value is -5.08. The second-order valence-electron chi connectivity index (χ2n) is 15.1. The summed E-state index contributed by atoms with van der Waals surface area (Å²) in [6.45, 7) is 10.5. The van der Waals surface area contributed by atoms with Gasteiger partial charge in [0.25, 0.3) is 0 Å². The number of piperidine rings is 1. The van der Waals surface area contributed by atoms with E-state index in [1.165, 1.54) is 7.11 Å². The Bertz CT molecular complexity index is 1750. The van der Waals surface area contributed by atoms with Crippen LogP contribution in [0.25, 0.3) is 11.3 Å². The van der Waals surface area contributed by atoms with Crippen molar-refractivity contribution in [1.82, 2.24) is 40.4 Å². The van der Waals surface area contributed by atoms with E-state index in [1.54, 1.807) is 4.90 Å². The lowest BCUT2D eigenvalue weighted by atomic mass is 9.93. The van der Waals surface area contributed by atoms with Gasteiger partial charge in [0, 0.05) is 55.7 Å². The number of nitrogens with zero attached hydrogens (tertiary/aromatic N) is 5. The summed E-state index contributed by atoms with van der Waals surface area (Å²) < 4.78 is 4.75. The van der Waals surface area contributed by atoms with Crippen molar-refractivity contribution in [1.29, 1.82) is 0 Å². The van der Waals surface area contributed by atoms with E-state index < -0.39 is 24.3 Å². The molecule has 3 aliphatic rings. The van der Waals surface area contributed by atoms with Crippen LogP contribution in [-0.4, -0.2) is 104 Å². The van der Waals surface area contributed by atoms with E-state index in [4.69, 9.17) is 14.7 Å². The Labute approximate surface area is 310 Å². The molecule has 5 heterocycles. The zero-order valence-electron chi connectivity index (χ0n) is 31.3. The first-order valence-electron chi connectivity index (χ1n) is 18.9. The quantitative estimate of drug-likeness (QED) is 0.177. The highest BCUT2D eigenvalue weighted by molar-refractivity contribution is 5.87. The standard InChI is InChI=1S/C38H53N9O6/c1-22(2)31(43-37(50)51)35(48)46-16-6-8-29(46)34-40-21-28(42-34)25-14-18-45(19-15-25)26-12-10-24(11-13-26)27-20-39-33(41-27)30-9-7-17-47(30)36(49)32(23(3)4)44-38(52)53-5/h10-13,20-23,25,29-32,43H,6-9,14-19H2,1-5H3,(H,39,41)(H,40,42)(H,44,52)(H,50,51)/t29-,30-,31-,32-/m0/s1. The molecule has 0 bridgehead atoms. The molecule has 0 aliphatic carbocycles. The molecule has 4 atom stereocenters. The molecule has 0 unspecified atom stereocenters. The summed E-state index contributed by atoms with van der Waals surface area (Å²) in [5, 5.41) is 14.4. The van der Waals surface area contributed by atoms with Gasteiger partial charge in [-0.15, -0.1) is 0 Å². The molecule has 15 heteroatoms. The monoisotopic (exact) mass is 731 g/mol. The fourth-order valence-electron chi connectivity index (χ4n) is 8.00. The van der Waals surface area contributed by atoms with Crippen molar-refractivity contribution < 1.29 is 29.0 Å². The third-order valence-corrected chi connectivity index (χ3v) is 11.0. The van der Waals surface area contributed by atoms with Crippen LogP contribution in [0.4, 0.5) is 15.3 Å². The van der Waals surface area contributed by atoms with Crippen LogP contribution in [-0.2, 0) is 14.3 Å². The van der Waals surface area contributed by atoms with Crippen LogP contribution in [0.3, 0.4) is 0 Å². The fraction of sp³-hybridized carbons (Fsp3) is 0.579. The van der Waals surface area contributed by atoms with E-state index in [0.29, 0.717) is 19.0 Å². The van der Waals surface area contributed by atoms with Gasteiger partial charge < -0.3 is 45.1 Å². The smallest absolute Gasteiger partial charge is 0.407 e. The normalized spacial score (nSPS) is 20.5. The lowest BCUT2D eigenvalue weighted by Crippen LogP contribution is -2.51. The number of aromatic amines is 2. The van der Waals surface area contributed by atoms with Gasteiger partial charge in [0.1, 0.15) is 23.7 Å². The number of hydrogen-bond acceptors (Lipinski definition) is 8. The number of aromatic nitrogens is 4. The van der Waals surface area contributed by atoms with E-state index in [1.807, 2.05) is 45.0 Å². The number of hydrogen-bond donors (Lipinski definition) is 5. The maximum Gasteiger partial charge on any atom is 0.407 e. The van der Waals surface area contributed by atoms with Gasteiger partial charge in [0.2, 0.25) is 11.8 Å². The van der Waals surface area contributed by atoms with E-state index >= 15 is 0 Å². The van der Waals surface area contributed by atoms with Gasteiger partial charge in [-0.05, 0) is 62.5 Å². The number of methoxy groups -OCH3 is 1. The summed E-state index contributed by atoms with van der Waals surface area (Å²) in [5.74, 6) is 1.21. The number of rotatable bonds is 11. The number of imidazole rings is 2. The average Bonchev–Trinajstić information content (AvgIpc) is 3.98. The highest BCUT2D eigenvalue weighted by Gasteiger charge is 2.39. The van der Waals surface area contributed by atoms with Gasteiger partial charge in [-0.1, -0.05) is 39.8 Å². The van der Waals surface area contributed by atoms with Gasteiger partial charge in [-0.3, -0.25) is 9.59 Å². The molecular weight excluding hydrogens is 678 g/mol. The zero-order chi connectivity index (χ0) is 37.8. The average molecular weight is 732 g/mol. The molecule has 53 heavy (non-hydrogen) atoms. The Morgan fingerprint density at radius 1 is 0.774 bits per heavy atom. The largest absolute Gasteiger partial charge is 0.465 e. The van der Waals surface area contributed by atoms with Crippen LogP contribution >= 0.6 is 0 Å². The second kappa shape index (κ2) is 16.3. The summed E-state index contributed by atoms with van der Waals surface area (Å²) in [6, 6.07) is 6.56. The molecule has 6 rings (SSSR count). The molecule has 1 aromatic carbocycles. The molecule has 3 fully saturated rings. The lowest BCUT2D eigenvalue weighted by molar-refractivity contribution is -0.136. The van der Waals surface area contributed by atoms with Crippen molar-refractivity contribution in [2.45, 2.75) is 96.3 Å². The van der Waals surface area contributed by atoms with Gasteiger partial charge in [0.15, 0.2) is 0 Å². The maximum atomic E-state index is 13.5. The molecule has 15 nitrogen and oxygen atoms in total. The van der Waals surface area contributed by atoms with Crippen LogP contribution in [0.15, 0.2) is 36.7 Å². The summed E-state index contributed by atoms with van der Waals surface area (Å²) >= 11 is 0. The first kappa shape index (κ1) is 37.7. The number of anilines is 1. The first-order chi connectivity index (χ1) is 25.4. The molecular formula is C38H53N9O6. The van der Waals surface area contributed by atoms with Crippen molar-refractivity contribution in [3.8, 4) is 11.3 Å². The second-order valence-corrected chi connectivity index (χ2v) is 15.1. The van der Waals surface area contributed by atoms with Gasteiger partial charge in [-0.25, -0.2) is 19.6 Å². The molecule has 4 amide bonds. The summed E-state index contributed by atoms with van der Waals surface area (Å²) in [5.41, 5.74) is 3.95. The predicted octanol–water partition coefficient (Wildman–Crippen LogP) is 5.18. The lowest BCUT2D eigenvalue weighted by Gasteiger charge is -2.33. The van der Waals surface area contributed by atoms with E-state index in [9.17, 15) is 24.3 Å². The summed E-state index contributed by atoms with van der Waals surface area (Å²) in [4.78, 5) is 72.7. The van der Waals surface area contributed by atoms with Crippen LogP contribution in [0, 0.1) is 11.8 Å². The van der Waals surface area contributed by atoms with Gasteiger partial charge >= 0.3 is 12.2 Å². The maximum absolute atomic E-state index is 13.5. The molecule has 5 N–H and O–H groups in total. The SMILES string of the molecule is COC(=O)N[C@H](C(=O)N1CCC[C@H]1c1nc(-c2ccc(N3CCC(c4c[nH]c([C@@H]5CCCN5C(=O)[C@@H](NC(=O)O)C(C)C)n4)CC3)cc2)c[nH]1)C(C)C. The first-order valence-corrected chi connectivity index (χ1v) is 18.9. The Morgan fingerprint density at radius 2 is 1.32 bits per heavy atom. The van der Waals surface area contributed by atoms with Crippen molar-refractivity contribution in [2.75, 3.05) is 38.2 Å². The molecule has 3 aliphatic heterocycles. The van der Waals surface area contributed by atoms with Crippen LogP contribution < -0.4 is 15.5 Å². The number of benzene rings is 1. The number of ether oxygens (including phenoxy) is 1. The minimum absolute atomic E-state index is 0.0982. The Balaban J connectivity index is 1.04. The molecule has 2 aromatic heterocycles. The minimum Gasteiger partial charge on any atom is -0.465 e. The molecule has 0 spiro atoms. The Morgan fingerprint density at radius 3 is 1.87 bits per heavy atom. The van der Waals surface area contributed by atoms with Crippen LogP contribution in [0.5, 0.6) is 0 Å². The molecule has 0 saturated carbocycles. The van der Waals surface area contributed by atoms with Crippen molar-refractivity contribution in [3.05, 3.63) is 54.0 Å². The third kappa shape index (κ3) is 8.28. The number of carbonyl (C=O) groups excluding carboxylic acids is 3. The number of nitrogens with one attached hydrogen (secondary N) is 4. The van der Waals surface area contributed by atoms with Gasteiger partial charge in [0.05, 0.1) is 30.6 Å². The third-order valence-electron chi connectivity index (χ3n) is 11.0. The highest BCUT2D eigenvalue weighted by Crippen LogP contribution is 2.36. The summed E-state index contributed by atoms with van der Waals surface area (Å²) in [6.07, 6.45) is 7.22. The number of carbonyl (C=O) groups is 4. The summed E-state index contributed by atoms with van der Waals surface area (Å²) in [7, 11) is 1.29. The van der Waals surface area contributed by atoms with E-state index in [2.05, 4.69) is 49.8 Å². The van der Waals surface area contributed by atoms with E-state index in [0.717, 1.165) is 85.9 Å². The number of carboxylic acid groups (broad SMARTS) is 1. The van der Waals surface area contributed by atoms with Crippen molar-refractivity contribution >= 4 is 29.7 Å². The fourth-order valence-corrected chi connectivity index (χ4v) is 8.00. The molecule has 0 radical (unpaired) electrons. The predicted molar refractivity (Wildman–Crippen MR) is 198 cm³/mol. The molecule has 3 aromatic rings. The van der Waals surface area contributed by atoms with Crippen molar-refractivity contribution in [2.24, 2.45) is 11.8 Å². The van der Waals surface area contributed by atoms with Gasteiger partial charge in [-0.2, -0.15) is 0 Å². The van der Waals surface area contributed by atoms with Crippen molar-refractivity contribution in [3.63, 3.8) is 0 Å². The van der Waals surface area contributed by atoms with Crippen LogP contribution in [0.1, 0.15) is 102 Å². The number of alkyl carbamates (subject to hydrolysis) is 1. The minimum atomic E-state index is -1.20. The number of H-pyrrole nitrogens is 2. The highest BCUT2D eigenvalue weighted by atomic mass is 16.5. The molecule has 286 valence electrons. The number of likely N-dealkylation sites (tertiary alicyclic amines) is 2. The number of amides is 4. The van der Waals surface area contributed by atoms with Crippen LogP contribution in [0.2, 0.25) is 0 Å².